The van der Waals surface area contributed by atoms with E-state index in [1.165, 1.54) is 0 Å². The summed E-state index contributed by atoms with van der Waals surface area (Å²) in [6.45, 7) is 1.03. The van der Waals surface area contributed by atoms with E-state index in [2.05, 4.69) is 10.1 Å². The van der Waals surface area contributed by atoms with Gasteiger partial charge in [-0.3, -0.25) is 4.98 Å². The van der Waals surface area contributed by atoms with Crippen molar-refractivity contribution in [3.05, 3.63) is 60.1 Å². The highest BCUT2D eigenvalue weighted by atomic mass is 16.7. The first-order chi connectivity index (χ1) is 11.4. The van der Waals surface area contributed by atoms with Crippen LogP contribution in [0.1, 0.15) is 11.5 Å². The molecule has 1 aromatic carbocycles. The second kappa shape index (κ2) is 6.10. The van der Waals surface area contributed by atoms with Crippen LogP contribution in [0.2, 0.25) is 0 Å². The third-order valence-corrected chi connectivity index (χ3v) is 3.45. The minimum Gasteiger partial charge on any atom is -0.454 e. The van der Waals surface area contributed by atoms with E-state index >= 15 is 0 Å². The molecule has 0 aliphatic carbocycles. The molecule has 6 nitrogen and oxygen atoms in total. The molecule has 6 heteroatoms. The number of aromatic nitrogens is 2. The molecule has 116 valence electrons. The predicted octanol–water partition coefficient (Wildman–Crippen LogP) is 3.18. The fourth-order valence-electron chi connectivity index (χ4n) is 2.31. The van der Waals surface area contributed by atoms with Crippen LogP contribution in [0.3, 0.4) is 0 Å². The van der Waals surface area contributed by atoms with Crippen molar-refractivity contribution in [3.63, 3.8) is 0 Å². The highest BCUT2D eigenvalue weighted by molar-refractivity contribution is 5.64. The average molecular weight is 310 g/mol. The summed E-state index contributed by atoms with van der Waals surface area (Å²) in [5, 5.41) is 4.07. The van der Waals surface area contributed by atoms with E-state index in [0.717, 1.165) is 28.5 Å². The number of pyridine rings is 1. The molecule has 0 unspecified atom stereocenters. The molecule has 0 bridgehead atoms. The fourth-order valence-corrected chi connectivity index (χ4v) is 2.31. The van der Waals surface area contributed by atoms with Crippen LogP contribution in [0.4, 0.5) is 0 Å². The zero-order valence-electron chi connectivity index (χ0n) is 12.3. The SMILES string of the molecule is c1ccc(COCc2cc(-c3ccc4c(c3)OCO4)no2)nc1. The van der Waals surface area contributed by atoms with E-state index in [0.29, 0.717) is 19.0 Å². The summed E-state index contributed by atoms with van der Waals surface area (Å²) in [6.07, 6.45) is 1.74. The van der Waals surface area contributed by atoms with E-state index in [1.807, 2.05) is 42.5 Å². The van der Waals surface area contributed by atoms with Crippen LogP contribution in [0.25, 0.3) is 11.3 Å². The quantitative estimate of drug-likeness (QED) is 0.721. The average Bonchev–Trinajstić information content (AvgIpc) is 3.24. The molecule has 0 saturated carbocycles. The van der Waals surface area contributed by atoms with Crippen LogP contribution >= 0.6 is 0 Å². The lowest BCUT2D eigenvalue weighted by molar-refractivity contribution is 0.0862. The molecule has 4 rings (SSSR count). The van der Waals surface area contributed by atoms with Gasteiger partial charge in [-0.15, -0.1) is 0 Å². The second-order valence-electron chi connectivity index (χ2n) is 5.06. The zero-order valence-corrected chi connectivity index (χ0v) is 12.3. The molecular weight excluding hydrogens is 296 g/mol. The summed E-state index contributed by atoms with van der Waals surface area (Å²) in [5.41, 5.74) is 2.52. The van der Waals surface area contributed by atoms with Crippen LogP contribution < -0.4 is 9.47 Å². The van der Waals surface area contributed by atoms with Crippen LogP contribution in [0.5, 0.6) is 11.5 Å². The van der Waals surface area contributed by atoms with Crippen LogP contribution in [-0.2, 0) is 18.0 Å². The van der Waals surface area contributed by atoms with E-state index in [4.69, 9.17) is 18.7 Å². The van der Waals surface area contributed by atoms with Gasteiger partial charge in [0.25, 0.3) is 0 Å². The van der Waals surface area contributed by atoms with Crippen LogP contribution in [0.15, 0.2) is 53.2 Å². The lowest BCUT2D eigenvalue weighted by Crippen LogP contribution is -1.94. The van der Waals surface area contributed by atoms with Gasteiger partial charge in [-0.2, -0.15) is 0 Å². The molecular formula is C17H14N2O4. The Morgan fingerprint density at radius 2 is 1.96 bits per heavy atom. The van der Waals surface area contributed by atoms with Crippen molar-refractivity contribution in [3.8, 4) is 22.8 Å². The highest BCUT2D eigenvalue weighted by Gasteiger charge is 2.15. The molecule has 0 atom stereocenters. The molecule has 1 aliphatic rings. The maximum Gasteiger partial charge on any atom is 0.231 e. The van der Waals surface area contributed by atoms with Crippen molar-refractivity contribution in [1.29, 1.82) is 0 Å². The third-order valence-electron chi connectivity index (χ3n) is 3.45. The maximum atomic E-state index is 5.59. The first-order valence-electron chi connectivity index (χ1n) is 7.22. The van der Waals surface area contributed by atoms with Gasteiger partial charge in [0.15, 0.2) is 17.3 Å². The molecule has 23 heavy (non-hydrogen) atoms. The number of nitrogens with zero attached hydrogens (tertiary/aromatic N) is 2. The number of hydrogen-bond donors (Lipinski definition) is 0. The molecule has 0 saturated heterocycles. The zero-order chi connectivity index (χ0) is 15.5. The van der Waals surface area contributed by atoms with E-state index < -0.39 is 0 Å². The van der Waals surface area contributed by atoms with Crippen molar-refractivity contribution in [1.82, 2.24) is 10.1 Å². The van der Waals surface area contributed by atoms with Crippen LogP contribution in [-0.4, -0.2) is 16.9 Å². The first-order valence-corrected chi connectivity index (χ1v) is 7.22. The van der Waals surface area contributed by atoms with E-state index in [-0.39, 0.29) is 6.79 Å². The molecule has 3 aromatic rings. The Morgan fingerprint density at radius 1 is 1.00 bits per heavy atom. The Bertz CT molecular complexity index is 801. The standard InChI is InChI=1S/C17H14N2O4/c1-2-6-18-13(3-1)9-20-10-14-8-15(19-23-14)12-4-5-16-17(7-12)22-11-21-16/h1-8H,9-11H2. The summed E-state index contributed by atoms with van der Waals surface area (Å²) in [5.74, 6) is 2.13. The van der Waals surface area contributed by atoms with Crippen molar-refractivity contribution in [2.75, 3.05) is 6.79 Å². The summed E-state index contributed by atoms with van der Waals surface area (Å²) >= 11 is 0. The molecule has 1 aliphatic heterocycles. The molecule has 0 N–H and O–H groups in total. The number of rotatable bonds is 5. The first kappa shape index (κ1) is 13.8. The summed E-state index contributed by atoms with van der Waals surface area (Å²) in [7, 11) is 0. The van der Waals surface area contributed by atoms with Gasteiger partial charge in [0, 0.05) is 17.8 Å². The number of fused-ring (bicyclic) bond motifs is 1. The molecule has 2 aromatic heterocycles. The van der Waals surface area contributed by atoms with Gasteiger partial charge in [-0.05, 0) is 30.3 Å². The number of benzene rings is 1. The molecule has 0 radical (unpaired) electrons. The van der Waals surface area contributed by atoms with Crippen molar-refractivity contribution in [2.24, 2.45) is 0 Å². The van der Waals surface area contributed by atoms with Crippen molar-refractivity contribution in [2.45, 2.75) is 13.2 Å². The molecule has 0 amide bonds. The monoisotopic (exact) mass is 310 g/mol. The highest BCUT2D eigenvalue weighted by Crippen LogP contribution is 2.35. The minimum atomic E-state index is 0.254. The van der Waals surface area contributed by atoms with Gasteiger partial charge in [0.05, 0.1) is 12.3 Å². The van der Waals surface area contributed by atoms with Crippen molar-refractivity contribution < 1.29 is 18.7 Å². The molecule has 0 fully saturated rings. The summed E-state index contributed by atoms with van der Waals surface area (Å²) in [4.78, 5) is 4.20. The van der Waals surface area contributed by atoms with Crippen LogP contribution in [0, 0.1) is 0 Å². The Morgan fingerprint density at radius 3 is 2.87 bits per heavy atom. The van der Waals surface area contributed by atoms with Gasteiger partial charge >= 0.3 is 0 Å². The third kappa shape index (κ3) is 3.02. The Kier molecular flexibility index (Phi) is 3.65. The fraction of sp³-hybridized carbons (Fsp3) is 0.176. The largest absolute Gasteiger partial charge is 0.454 e. The van der Waals surface area contributed by atoms with Gasteiger partial charge in [-0.1, -0.05) is 11.2 Å². The Balaban J connectivity index is 1.41. The topological polar surface area (TPSA) is 66.6 Å². The second-order valence-corrected chi connectivity index (χ2v) is 5.06. The number of hydrogen-bond acceptors (Lipinski definition) is 6. The van der Waals surface area contributed by atoms with E-state index in [9.17, 15) is 0 Å². The summed E-state index contributed by atoms with van der Waals surface area (Å²) < 4.78 is 21.6. The smallest absolute Gasteiger partial charge is 0.231 e. The Labute approximate surface area is 132 Å². The summed E-state index contributed by atoms with van der Waals surface area (Å²) in [6, 6.07) is 13.2. The van der Waals surface area contributed by atoms with Gasteiger partial charge in [-0.25, -0.2) is 0 Å². The predicted molar refractivity (Wildman–Crippen MR) is 80.8 cm³/mol. The minimum absolute atomic E-state index is 0.254. The lowest BCUT2D eigenvalue weighted by Gasteiger charge is -2.00. The normalized spacial score (nSPS) is 12.5. The van der Waals surface area contributed by atoms with Gasteiger partial charge in [0.1, 0.15) is 12.3 Å². The molecule has 3 heterocycles. The number of ether oxygens (including phenoxy) is 3. The molecule has 0 spiro atoms. The van der Waals surface area contributed by atoms with Gasteiger partial charge in [0.2, 0.25) is 6.79 Å². The van der Waals surface area contributed by atoms with Gasteiger partial charge < -0.3 is 18.7 Å². The van der Waals surface area contributed by atoms with Crippen molar-refractivity contribution >= 4 is 0 Å². The van der Waals surface area contributed by atoms with E-state index in [1.54, 1.807) is 6.20 Å². The Hall–Kier alpha value is -2.86. The lowest BCUT2D eigenvalue weighted by atomic mass is 10.1. The maximum absolute atomic E-state index is 5.59.